The third-order valence-corrected chi connectivity index (χ3v) is 5.85. The number of carbonyl (C=O) groups excluding carboxylic acids is 1. The van der Waals surface area contributed by atoms with Crippen LogP contribution in [0.25, 0.3) is 0 Å². The minimum Gasteiger partial charge on any atom is -0.497 e. The van der Waals surface area contributed by atoms with E-state index < -0.39 is 8.07 Å². The van der Waals surface area contributed by atoms with Gasteiger partial charge in [0.15, 0.2) is 0 Å². The number of rotatable bonds is 15. The summed E-state index contributed by atoms with van der Waals surface area (Å²) in [6.07, 6.45) is 6.70. The van der Waals surface area contributed by atoms with Gasteiger partial charge in [-0.3, -0.25) is 4.79 Å². The number of amides is 1. The van der Waals surface area contributed by atoms with E-state index in [-0.39, 0.29) is 25.0 Å². The fraction of sp³-hybridized carbons (Fsp3) is 0.440. The lowest BCUT2D eigenvalue weighted by Crippen LogP contribution is -2.22. The molecule has 0 N–H and O–H groups in total. The maximum absolute atomic E-state index is 12.1. The number of hydrogen-bond acceptors (Lipinski definition) is 5. The van der Waals surface area contributed by atoms with Crippen LogP contribution in [0.5, 0.6) is 0 Å². The van der Waals surface area contributed by atoms with Gasteiger partial charge in [0.2, 0.25) is 5.90 Å². The molecule has 1 amide bonds. The van der Waals surface area contributed by atoms with Crippen LogP contribution in [0.2, 0.25) is 25.7 Å². The fourth-order valence-corrected chi connectivity index (χ4v) is 3.11. The van der Waals surface area contributed by atoms with Crippen molar-refractivity contribution in [3.63, 3.8) is 0 Å². The summed E-state index contributed by atoms with van der Waals surface area (Å²) >= 11 is 0. The maximum atomic E-state index is 12.1. The number of carbonyl (C=O) groups is 1. The molecule has 0 aliphatic rings. The summed E-state index contributed by atoms with van der Waals surface area (Å²) in [5.41, 5.74) is 1.87. The second-order valence-corrected chi connectivity index (χ2v) is 13.9. The summed E-state index contributed by atoms with van der Waals surface area (Å²) < 4.78 is 22.0. The highest BCUT2D eigenvalue weighted by molar-refractivity contribution is 6.76. The summed E-state index contributed by atoms with van der Waals surface area (Å²) in [4.78, 5) is 16.1. The van der Waals surface area contributed by atoms with Crippen LogP contribution < -0.4 is 0 Å². The Morgan fingerprint density at radius 2 is 1.91 bits per heavy atom. The zero-order valence-corrected chi connectivity index (χ0v) is 20.8. The number of hydrogen-bond donors (Lipinski definition) is 0. The molecule has 0 saturated heterocycles. The Labute approximate surface area is 193 Å². The molecule has 1 aromatic carbocycles. The van der Waals surface area contributed by atoms with E-state index >= 15 is 0 Å². The minimum atomic E-state index is -1.12. The zero-order chi connectivity index (χ0) is 23.7. The molecule has 0 radical (unpaired) electrons. The van der Waals surface area contributed by atoms with Crippen LogP contribution in [0.15, 0.2) is 72.0 Å². The summed E-state index contributed by atoms with van der Waals surface area (Å²) in [5.74, 6) is -0.0999. The summed E-state index contributed by atoms with van der Waals surface area (Å²) in [6.45, 7) is 14.4. The molecule has 7 heteroatoms. The summed E-state index contributed by atoms with van der Waals surface area (Å²) in [5, 5.41) is 0. The molecule has 0 spiro atoms. The van der Waals surface area contributed by atoms with Crippen molar-refractivity contribution in [1.29, 1.82) is 0 Å². The van der Waals surface area contributed by atoms with Crippen LogP contribution >= 0.6 is 0 Å². The molecular weight excluding hydrogens is 422 g/mol. The lowest BCUT2D eigenvalue weighted by atomic mass is 10.2. The van der Waals surface area contributed by atoms with E-state index in [9.17, 15) is 4.79 Å². The molecule has 0 aliphatic heterocycles. The molecule has 0 aromatic heterocycles. The van der Waals surface area contributed by atoms with Gasteiger partial charge in [0, 0.05) is 21.1 Å². The van der Waals surface area contributed by atoms with Crippen molar-refractivity contribution in [2.45, 2.75) is 45.6 Å². The lowest BCUT2D eigenvalue weighted by molar-refractivity contribution is -0.117. The van der Waals surface area contributed by atoms with Crippen molar-refractivity contribution >= 4 is 19.9 Å². The molecule has 0 unspecified atom stereocenters. The molecule has 176 valence electrons. The Kier molecular flexibility index (Phi) is 13.9. The predicted octanol–water partition coefficient (Wildman–Crippen LogP) is 5.51. The smallest absolute Gasteiger partial charge is 0.252 e. The van der Waals surface area contributed by atoms with Gasteiger partial charge in [0.05, 0.1) is 19.5 Å². The molecule has 0 bridgehead atoms. The maximum Gasteiger partial charge on any atom is 0.252 e. The van der Waals surface area contributed by atoms with Crippen LogP contribution in [0.1, 0.15) is 18.9 Å². The highest BCUT2D eigenvalue weighted by Crippen LogP contribution is 2.08. The van der Waals surface area contributed by atoms with Gasteiger partial charge in [-0.25, -0.2) is 0 Å². The van der Waals surface area contributed by atoms with Gasteiger partial charge in [0.1, 0.15) is 13.4 Å². The topological polar surface area (TPSA) is 66.4 Å². The normalized spacial score (nSPS) is 12.8. The second-order valence-electron chi connectivity index (χ2n) is 8.25. The molecule has 0 heterocycles. The highest BCUT2D eigenvalue weighted by atomic mass is 28.3. The molecule has 0 atom stereocenters. The van der Waals surface area contributed by atoms with Gasteiger partial charge in [-0.1, -0.05) is 62.6 Å². The first kappa shape index (κ1) is 27.6. The Hall–Kier alpha value is -2.48. The first-order valence-electron chi connectivity index (χ1n) is 10.9. The largest absolute Gasteiger partial charge is 0.497 e. The highest BCUT2D eigenvalue weighted by Gasteiger charge is 2.11. The van der Waals surface area contributed by atoms with Crippen molar-refractivity contribution < 1.29 is 23.7 Å². The Morgan fingerprint density at radius 3 is 2.56 bits per heavy atom. The second kappa shape index (κ2) is 16.2. The van der Waals surface area contributed by atoms with Crippen LogP contribution in [0.3, 0.4) is 0 Å². The van der Waals surface area contributed by atoms with Crippen LogP contribution in [0.4, 0.5) is 0 Å². The average Bonchev–Trinajstić information content (AvgIpc) is 2.76. The van der Waals surface area contributed by atoms with Gasteiger partial charge >= 0.3 is 0 Å². The molecule has 0 saturated carbocycles. The predicted molar refractivity (Wildman–Crippen MR) is 132 cm³/mol. The minimum absolute atomic E-state index is 0.114. The van der Waals surface area contributed by atoms with Gasteiger partial charge in [-0.15, -0.1) is 0 Å². The third kappa shape index (κ3) is 14.5. The summed E-state index contributed by atoms with van der Waals surface area (Å²) in [6, 6.07) is 11.0. The van der Waals surface area contributed by atoms with E-state index in [1.807, 2.05) is 37.3 Å². The van der Waals surface area contributed by atoms with Crippen LogP contribution in [-0.4, -0.2) is 46.5 Å². The van der Waals surface area contributed by atoms with Crippen molar-refractivity contribution in [1.82, 2.24) is 0 Å². The van der Waals surface area contributed by atoms with Gasteiger partial charge < -0.3 is 18.9 Å². The Balaban J connectivity index is 2.61. The number of aliphatic imine (C=N–C) groups is 1. The van der Waals surface area contributed by atoms with Crippen molar-refractivity contribution in [3.8, 4) is 0 Å². The molecule has 32 heavy (non-hydrogen) atoms. The fourth-order valence-electron chi connectivity index (χ4n) is 2.36. The van der Waals surface area contributed by atoms with Crippen molar-refractivity contribution in [3.05, 3.63) is 72.5 Å². The van der Waals surface area contributed by atoms with E-state index in [2.05, 4.69) is 31.2 Å². The number of nitrogens with zero attached hydrogens (tertiary/aromatic N) is 1. The molecule has 0 fully saturated rings. The molecule has 1 rings (SSSR count). The van der Waals surface area contributed by atoms with E-state index in [4.69, 9.17) is 18.9 Å². The van der Waals surface area contributed by atoms with Gasteiger partial charge in [-0.2, -0.15) is 4.99 Å². The average molecular weight is 460 g/mol. The standard InChI is InChI=1S/C25H37NO5Si/c1-6-25(31-7-2)26-24(27)14-13-23(20-30-21-29-17-18-32(3,4)5)15-16-28-19-22-11-9-8-10-12-22/h6,8-13,15-16H,1,7,14,17-21H2,2-5H3/b16-15+,23-13+,26-25?. The van der Waals surface area contributed by atoms with Crippen LogP contribution in [-0.2, 0) is 30.3 Å². The van der Waals surface area contributed by atoms with Crippen LogP contribution in [0, 0.1) is 0 Å². The SMILES string of the molecule is C=CC(=NC(=O)C/C=C(\C=C\OCc1ccccc1)COCOCC[Si](C)(C)C)OCC. The first-order valence-corrected chi connectivity index (χ1v) is 14.6. The van der Waals surface area contributed by atoms with Crippen molar-refractivity contribution in [2.75, 3.05) is 26.6 Å². The molecular formula is C25H37NO5Si. The third-order valence-electron chi connectivity index (χ3n) is 4.14. The lowest BCUT2D eigenvalue weighted by Gasteiger charge is -2.15. The monoisotopic (exact) mass is 459 g/mol. The molecule has 6 nitrogen and oxygen atoms in total. The number of ether oxygens (including phenoxy) is 4. The zero-order valence-electron chi connectivity index (χ0n) is 19.8. The van der Waals surface area contributed by atoms with E-state index in [0.29, 0.717) is 26.4 Å². The molecule has 1 aromatic rings. The van der Waals surface area contributed by atoms with E-state index in [1.165, 1.54) is 6.08 Å². The van der Waals surface area contributed by atoms with E-state index in [0.717, 1.165) is 17.2 Å². The summed E-state index contributed by atoms with van der Waals surface area (Å²) in [7, 11) is -1.12. The van der Waals surface area contributed by atoms with Crippen molar-refractivity contribution in [2.24, 2.45) is 4.99 Å². The van der Waals surface area contributed by atoms with Gasteiger partial charge in [-0.05, 0) is 36.3 Å². The first-order chi connectivity index (χ1) is 15.3. The van der Waals surface area contributed by atoms with Gasteiger partial charge in [0.25, 0.3) is 5.91 Å². The Bertz CT molecular complexity index is 766. The quantitative estimate of drug-likeness (QED) is 0.0658. The number of benzene rings is 1. The molecule has 0 aliphatic carbocycles. The van der Waals surface area contributed by atoms with E-state index in [1.54, 1.807) is 18.4 Å². The Morgan fingerprint density at radius 1 is 1.16 bits per heavy atom.